The number of rotatable bonds is 5. The van der Waals surface area contributed by atoms with E-state index in [9.17, 15) is 9.59 Å². The number of hydrogen-bond acceptors (Lipinski definition) is 5. The summed E-state index contributed by atoms with van der Waals surface area (Å²) in [5, 5.41) is 4.97. The lowest BCUT2D eigenvalue weighted by Gasteiger charge is -2.06. The standard InChI is InChI=1S/C16H14N4O3S/c1-23-13-5-3-2-4-10(13)15(22)20-16-19-12(8-24-16)9-6-11(14(17)21)18-7-9/h2-8,18H,1H3,(H2,17,21)(H,19,20,22). The van der Waals surface area contributed by atoms with E-state index in [0.717, 1.165) is 5.56 Å². The van der Waals surface area contributed by atoms with Crippen molar-refractivity contribution in [2.24, 2.45) is 5.73 Å². The number of nitrogens with two attached hydrogens (primary N) is 1. The van der Waals surface area contributed by atoms with E-state index >= 15 is 0 Å². The van der Waals surface area contributed by atoms with Gasteiger partial charge in [-0.3, -0.25) is 14.9 Å². The zero-order valence-electron chi connectivity index (χ0n) is 12.7. The van der Waals surface area contributed by atoms with Gasteiger partial charge in [0.05, 0.1) is 18.4 Å². The number of hydrogen-bond donors (Lipinski definition) is 3. The van der Waals surface area contributed by atoms with Crippen LogP contribution in [0.4, 0.5) is 5.13 Å². The molecular weight excluding hydrogens is 328 g/mol. The van der Waals surface area contributed by atoms with Crippen molar-refractivity contribution >= 4 is 28.3 Å². The summed E-state index contributed by atoms with van der Waals surface area (Å²) >= 11 is 1.28. The lowest BCUT2D eigenvalue weighted by atomic mass is 10.2. The van der Waals surface area contributed by atoms with E-state index in [-0.39, 0.29) is 5.91 Å². The average molecular weight is 342 g/mol. The number of amides is 2. The predicted molar refractivity (Wildman–Crippen MR) is 91.4 cm³/mol. The Morgan fingerprint density at radius 3 is 2.83 bits per heavy atom. The van der Waals surface area contributed by atoms with Gasteiger partial charge in [0.15, 0.2) is 5.13 Å². The smallest absolute Gasteiger partial charge is 0.265 e. The Kier molecular flexibility index (Phi) is 4.30. The van der Waals surface area contributed by atoms with Crippen molar-refractivity contribution in [3.8, 4) is 17.0 Å². The molecule has 3 aromatic rings. The topological polar surface area (TPSA) is 110 Å². The first kappa shape index (κ1) is 15.8. The van der Waals surface area contributed by atoms with Crippen molar-refractivity contribution < 1.29 is 14.3 Å². The van der Waals surface area contributed by atoms with Crippen LogP contribution in [0.1, 0.15) is 20.8 Å². The summed E-state index contributed by atoms with van der Waals surface area (Å²) in [6.45, 7) is 0. The van der Waals surface area contributed by atoms with Gasteiger partial charge in [0.25, 0.3) is 11.8 Å². The van der Waals surface area contributed by atoms with Gasteiger partial charge < -0.3 is 15.5 Å². The normalized spacial score (nSPS) is 10.4. The maximum absolute atomic E-state index is 12.3. The molecule has 0 saturated heterocycles. The summed E-state index contributed by atoms with van der Waals surface area (Å²) in [5.41, 5.74) is 7.30. The Morgan fingerprint density at radius 2 is 2.12 bits per heavy atom. The lowest BCUT2D eigenvalue weighted by Crippen LogP contribution is -2.12. The Balaban J connectivity index is 1.78. The van der Waals surface area contributed by atoms with Crippen LogP contribution in [-0.2, 0) is 0 Å². The molecule has 3 rings (SSSR count). The van der Waals surface area contributed by atoms with Gasteiger partial charge in [0.2, 0.25) is 0 Å². The molecule has 1 aromatic carbocycles. The van der Waals surface area contributed by atoms with Gasteiger partial charge in [-0.2, -0.15) is 0 Å². The van der Waals surface area contributed by atoms with Crippen molar-refractivity contribution in [3.63, 3.8) is 0 Å². The highest BCUT2D eigenvalue weighted by Crippen LogP contribution is 2.26. The monoisotopic (exact) mass is 342 g/mol. The maximum Gasteiger partial charge on any atom is 0.265 e. The van der Waals surface area contributed by atoms with Gasteiger partial charge in [-0.05, 0) is 18.2 Å². The Hall–Kier alpha value is -3.13. The zero-order chi connectivity index (χ0) is 17.1. The number of nitrogens with one attached hydrogen (secondary N) is 2. The molecule has 0 spiro atoms. The van der Waals surface area contributed by atoms with E-state index in [1.54, 1.807) is 41.9 Å². The van der Waals surface area contributed by atoms with E-state index in [0.29, 0.717) is 27.8 Å². The summed E-state index contributed by atoms with van der Waals surface area (Å²) in [4.78, 5) is 30.6. The number of carbonyl (C=O) groups excluding carboxylic acids is 2. The predicted octanol–water partition coefficient (Wildman–Crippen LogP) is 2.50. The van der Waals surface area contributed by atoms with Crippen molar-refractivity contribution in [1.29, 1.82) is 0 Å². The molecule has 0 unspecified atom stereocenters. The molecule has 2 amide bonds. The minimum atomic E-state index is -0.541. The molecule has 2 heterocycles. The molecule has 0 aliphatic heterocycles. The molecule has 122 valence electrons. The zero-order valence-corrected chi connectivity index (χ0v) is 13.5. The summed E-state index contributed by atoms with van der Waals surface area (Å²) in [5.74, 6) is -0.357. The third kappa shape index (κ3) is 3.13. The molecule has 0 radical (unpaired) electrons. The average Bonchev–Trinajstić information content (AvgIpc) is 3.23. The quantitative estimate of drug-likeness (QED) is 0.661. The molecule has 0 fully saturated rings. The number of methoxy groups -OCH3 is 1. The van der Waals surface area contributed by atoms with Crippen molar-refractivity contribution in [1.82, 2.24) is 9.97 Å². The number of thiazole rings is 1. The number of benzene rings is 1. The Bertz CT molecular complexity index is 900. The van der Waals surface area contributed by atoms with E-state index in [4.69, 9.17) is 10.5 Å². The lowest BCUT2D eigenvalue weighted by molar-refractivity contribution is 0.0993. The van der Waals surface area contributed by atoms with Crippen LogP contribution < -0.4 is 15.8 Å². The van der Waals surface area contributed by atoms with E-state index in [1.807, 2.05) is 0 Å². The summed E-state index contributed by atoms with van der Waals surface area (Å²) < 4.78 is 5.18. The SMILES string of the molecule is COc1ccccc1C(=O)Nc1nc(-c2c[nH]c(C(N)=O)c2)cs1. The number of para-hydroxylation sites is 1. The first-order valence-corrected chi connectivity index (χ1v) is 7.85. The molecular formula is C16H14N4O3S. The molecule has 0 saturated carbocycles. The Morgan fingerprint density at radius 1 is 1.33 bits per heavy atom. The molecule has 8 heteroatoms. The molecule has 24 heavy (non-hydrogen) atoms. The number of aromatic nitrogens is 2. The molecule has 0 aliphatic carbocycles. The maximum atomic E-state index is 12.3. The van der Waals surface area contributed by atoms with Gasteiger partial charge in [0, 0.05) is 17.1 Å². The molecule has 2 aromatic heterocycles. The second-order valence-corrected chi connectivity index (χ2v) is 5.72. The Labute approximate surface area is 141 Å². The number of aromatic amines is 1. The van der Waals surface area contributed by atoms with Crippen LogP contribution in [-0.4, -0.2) is 28.9 Å². The highest BCUT2D eigenvalue weighted by atomic mass is 32.1. The van der Waals surface area contributed by atoms with Gasteiger partial charge in [0.1, 0.15) is 11.4 Å². The third-order valence-corrected chi connectivity index (χ3v) is 4.08. The largest absolute Gasteiger partial charge is 0.496 e. The van der Waals surface area contributed by atoms with Gasteiger partial charge in [-0.15, -0.1) is 11.3 Å². The van der Waals surface area contributed by atoms with Crippen molar-refractivity contribution in [2.45, 2.75) is 0 Å². The highest BCUT2D eigenvalue weighted by Gasteiger charge is 2.14. The summed E-state index contributed by atoms with van der Waals surface area (Å²) in [6, 6.07) is 8.56. The van der Waals surface area contributed by atoms with Crippen LogP contribution in [0.2, 0.25) is 0 Å². The minimum absolute atomic E-state index is 0.303. The van der Waals surface area contributed by atoms with Crippen LogP contribution >= 0.6 is 11.3 Å². The second kappa shape index (κ2) is 6.55. The fourth-order valence-corrected chi connectivity index (χ4v) is 2.86. The van der Waals surface area contributed by atoms with Crippen LogP contribution in [0.3, 0.4) is 0 Å². The van der Waals surface area contributed by atoms with Crippen molar-refractivity contribution in [2.75, 3.05) is 12.4 Å². The van der Waals surface area contributed by atoms with Crippen molar-refractivity contribution in [3.05, 3.63) is 53.2 Å². The highest BCUT2D eigenvalue weighted by molar-refractivity contribution is 7.14. The van der Waals surface area contributed by atoms with Gasteiger partial charge >= 0.3 is 0 Å². The van der Waals surface area contributed by atoms with E-state index in [1.165, 1.54) is 18.4 Å². The molecule has 0 atom stereocenters. The number of H-pyrrole nitrogens is 1. The van der Waals surface area contributed by atoms with E-state index in [2.05, 4.69) is 15.3 Å². The van der Waals surface area contributed by atoms with Crippen LogP contribution in [0.15, 0.2) is 41.9 Å². The summed E-state index contributed by atoms with van der Waals surface area (Å²) in [6.07, 6.45) is 1.64. The molecule has 0 aliphatic rings. The first-order chi connectivity index (χ1) is 11.6. The van der Waals surface area contributed by atoms with E-state index < -0.39 is 5.91 Å². The first-order valence-electron chi connectivity index (χ1n) is 6.97. The fourth-order valence-electron chi connectivity index (χ4n) is 2.14. The third-order valence-electron chi connectivity index (χ3n) is 3.32. The second-order valence-electron chi connectivity index (χ2n) is 4.86. The molecule has 4 N–H and O–H groups in total. The number of ether oxygens (including phenoxy) is 1. The number of anilines is 1. The van der Waals surface area contributed by atoms with Crippen LogP contribution in [0, 0.1) is 0 Å². The molecule has 7 nitrogen and oxygen atoms in total. The van der Waals surface area contributed by atoms with Crippen LogP contribution in [0.25, 0.3) is 11.3 Å². The van der Waals surface area contributed by atoms with Gasteiger partial charge in [-0.1, -0.05) is 12.1 Å². The number of carbonyl (C=O) groups is 2. The molecule has 0 bridgehead atoms. The van der Waals surface area contributed by atoms with Crippen LogP contribution in [0.5, 0.6) is 5.75 Å². The fraction of sp³-hybridized carbons (Fsp3) is 0.0625. The summed E-state index contributed by atoms with van der Waals surface area (Å²) in [7, 11) is 1.51. The van der Waals surface area contributed by atoms with Gasteiger partial charge in [-0.25, -0.2) is 4.98 Å². The number of nitrogens with zero attached hydrogens (tertiary/aromatic N) is 1. The number of primary amides is 1. The minimum Gasteiger partial charge on any atom is -0.496 e.